The van der Waals surface area contributed by atoms with Crippen LogP contribution in [0.1, 0.15) is 12.8 Å². The molecule has 0 aliphatic carbocycles. The number of aliphatic hydroxyl groups excluding tert-OH is 1. The maximum Gasteiger partial charge on any atom is 0.326 e. The number of β-amino-alcohol motifs (C(OH)–C–C–N with tert-alkyl or cyclic N) is 1. The number of amides is 2. The van der Waals surface area contributed by atoms with Crippen LogP contribution in [0.2, 0.25) is 0 Å². The Hall–Kier alpha value is -1.81. The summed E-state index contributed by atoms with van der Waals surface area (Å²) in [5.41, 5.74) is 0. The van der Waals surface area contributed by atoms with Crippen molar-refractivity contribution < 1.29 is 19.8 Å². The fraction of sp³-hybridized carbons (Fsp3) is 0.700. The number of nitriles is 1. The predicted octanol–water partition coefficient (Wildman–Crippen LogP) is -0.528. The van der Waals surface area contributed by atoms with Crippen molar-refractivity contribution in [2.45, 2.75) is 25.0 Å². The summed E-state index contributed by atoms with van der Waals surface area (Å²) in [5.74, 6) is -1.12. The molecule has 1 aliphatic rings. The van der Waals surface area contributed by atoms with Gasteiger partial charge in [-0.05, 0) is 0 Å². The minimum Gasteiger partial charge on any atom is -0.480 e. The summed E-state index contributed by atoms with van der Waals surface area (Å²) in [4.78, 5) is 25.2. The van der Waals surface area contributed by atoms with Crippen LogP contribution in [0, 0.1) is 11.3 Å². The van der Waals surface area contributed by atoms with E-state index >= 15 is 0 Å². The number of carboxylic acids is 1. The van der Waals surface area contributed by atoms with Crippen LogP contribution in [0.4, 0.5) is 4.79 Å². The van der Waals surface area contributed by atoms with E-state index in [2.05, 4.69) is 0 Å². The lowest BCUT2D eigenvalue weighted by Gasteiger charge is -2.26. The van der Waals surface area contributed by atoms with E-state index in [-0.39, 0.29) is 25.9 Å². The molecular weight excluding hydrogens is 226 g/mol. The van der Waals surface area contributed by atoms with Crippen molar-refractivity contribution in [2.24, 2.45) is 0 Å². The number of aliphatic hydroxyl groups is 1. The van der Waals surface area contributed by atoms with Crippen LogP contribution in [0.15, 0.2) is 0 Å². The number of urea groups is 1. The third kappa shape index (κ3) is 3.07. The highest BCUT2D eigenvalue weighted by Crippen LogP contribution is 2.19. The Labute approximate surface area is 98.8 Å². The third-order valence-electron chi connectivity index (χ3n) is 2.70. The molecule has 7 heteroatoms. The van der Waals surface area contributed by atoms with Crippen molar-refractivity contribution >= 4 is 12.0 Å². The van der Waals surface area contributed by atoms with E-state index in [4.69, 9.17) is 10.4 Å². The largest absolute Gasteiger partial charge is 0.480 e. The molecule has 1 heterocycles. The van der Waals surface area contributed by atoms with E-state index in [0.29, 0.717) is 0 Å². The second-order valence-corrected chi connectivity index (χ2v) is 4.01. The molecule has 1 saturated heterocycles. The molecule has 0 unspecified atom stereocenters. The van der Waals surface area contributed by atoms with Gasteiger partial charge in [0.25, 0.3) is 0 Å². The molecule has 1 aliphatic heterocycles. The number of hydrogen-bond acceptors (Lipinski definition) is 4. The van der Waals surface area contributed by atoms with Gasteiger partial charge in [-0.3, -0.25) is 0 Å². The van der Waals surface area contributed by atoms with Gasteiger partial charge in [0, 0.05) is 26.6 Å². The molecule has 0 radical (unpaired) electrons. The molecule has 0 aromatic carbocycles. The standard InChI is InChI=1S/C10H15N3O4/c1-12(4-2-3-11)10(17)13-6-7(14)5-8(13)9(15)16/h7-8,14H,2,4-6H2,1H3,(H,15,16)/t7-,8-/m0/s1. The van der Waals surface area contributed by atoms with Crippen LogP contribution < -0.4 is 0 Å². The molecule has 7 nitrogen and oxygen atoms in total. The van der Waals surface area contributed by atoms with E-state index < -0.39 is 24.1 Å². The fourth-order valence-corrected chi connectivity index (χ4v) is 1.79. The minimum absolute atomic E-state index is 0.0205. The molecule has 17 heavy (non-hydrogen) atoms. The second-order valence-electron chi connectivity index (χ2n) is 4.01. The average Bonchev–Trinajstić information content (AvgIpc) is 2.67. The first-order chi connectivity index (χ1) is 7.97. The number of carbonyl (C=O) groups is 2. The Balaban J connectivity index is 2.67. The first-order valence-electron chi connectivity index (χ1n) is 5.27. The van der Waals surface area contributed by atoms with Crippen molar-refractivity contribution in [1.29, 1.82) is 5.26 Å². The Morgan fingerprint density at radius 2 is 2.24 bits per heavy atom. The van der Waals surface area contributed by atoms with Gasteiger partial charge in [-0.2, -0.15) is 5.26 Å². The topological polar surface area (TPSA) is 105 Å². The molecule has 94 valence electrons. The predicted molar refractivity (Wildman–Crippen MR) is 57.0 cm³/mol. The van der Waals surface area contributed by atoms with E-state index in [9.17, 15) is 14.7 Å². The molecule has 0 saturated carbocycles. The molecule has 1 fully saturated rings. The van der Waals surface area contributed by atoms with E-state index in [0.717, 1.165) is 4.90 Å². The molecule has 2 amide bonds. The van der Waals surface area contributed by atoms with Crippen molar-refractivity contribution in [3.05, 3.63) is 0 Å². The quantitative estimate of drug-likeness (QED) is 0.691. The molecule has 2 atom stereocenters. The number of likely N-dealkylation sites (tertiary alicyclic amines) is 1. The van der Waals surface area contributed by atoms with Gasteiger partial charge in [0.1, 0.15) is 6.04 Å². The summed E-state index contributed by atoms with van der Waals surface area (Å²) in [5, 5.41) is 26.7. The van der Waals surface area contributed by atoms with Crippen molar-refractivity contribution in [3.8, 4) is 6.07 Å². The lowest BCUT2D eigenvalue weighted by molar-refractivity contribution is -0.141. The Bertz CT molecular complexity index is 352. The SMILES string of the molecule is CN(CCC#N)C(=O)N1C[C@@H](O)C[C@H]1C(=O)O. The minimum atomic E-state index is -1.12. The lowest BCUT2D eigenvalue weighted by Crippen LogP contribution is -2.47. The van der Waals surface area contributed by atoms with Gasteiger partial charge in [-0.1, -0.05) is 0 Å². The second kappa shape index (κ2) is 5.50. The van der Waals surface area contributed by atoms with E-state index in [1.54, 1.807) is 0 Å². The first-order valence-corrected chi connectivity index (χ1v) is 5.27. The molecule has 0 aromatic rings. The lowest BCUT2D eigenvalue weighted by atomic mass is 10.2. The molecule has 0 spiro atoms. The maximum absolute atomic E-state index is 11.9. The van der Waals surface area contributed by atoms with Crippen LogP contribution in [-0.2, 0) is 4.79 Å². The summed E-state index contributed by atoms with van der Waals surface area (Å²) in [6.45, 7) is 0.265. The average molecular weight is 241 g/mol. The fourth-order valence-electron chi connectivity index (χ4n) is 1.79. The van der Waals surface area contributed by atoms with Crippen LogP contribution in [-0.4, -0.2) is 64.3 Å². The molecule has 1 rings (SSSR count). The zero-order chi connectivity index (χ0) is 13.0. The maximum atomic E-state index is 11.9. The van der Waals surface area contributed by atoms with Crippen LogP contribution >= 0.6 is 0 Å². The highest BCUT2D eigenvalue weighted by Gasteiger charge is 2.39. The zero-order valence-electron chi connectivity index (χ0n) is 9.54. The highest BCUT2D eigenvalue weighted by atomic mass is 16.4. The van der Waals surface area contributed by atoms with E-state index in [1.165, 1.54) is 11.9 Å². The van der Waals surface area contributed by atoms with Crippen LogP contribution in [0.5, 0.6) is 0 Å². The van der Waals surface area contributed by atoms with E-state index in [1.807, 2.05) is 6.07 Å². The Morgan fingerprint density at radius 1 is 1.59 bits per heavy atom. The normalized spacial score (nSPS) is 23.2. The van der Waals surface area contributed by atoms with Gasteiger partial charge >= 0.3 is 12.0 Å². The van der Waals surface area contributed by atoms with Gasteiger partial charge in [0.15, 0.2) is 0 Å². The van der Waals surface area contributed by atoms with Crippen molar-refractivity contribution in [3.63, 3.8) is 0 Å². The smallest absolute Gasteiger partial charge is 0.326 e. The zero-order valence-corrected chi connectivity index (χ0v) is 9.54. The summed E-state index contributed by atoms with van der Waals surface area (Å²) >= 11 is 0. The van der Waals surface area contributed by atoms with Gasteiger partial charge in [-0.25, -0.2) is 9.59 Å². The number of carbonyl (C=O) groups excluding carboxylic acids is 1. The first kappa shape index (κ1) is 13.3. The van der Waals surface area contributed by atoms with Gasteiger partial charge in [0.2, 0.25) is 0 Å². The molecular formula is C10H15N3O4. The Morgan fingerprint density at radius 3 is 2.76 bits per heavy atom. The molecule has 2 N–H and O–H groups in total. The number of aliphatic carboxylic acids is 1. The summed E-state index contributed by atoms with van der Waals surface area (Å²) < 4.78 is 0. The van der Waals surface area contributed by atoms with Crippen molar-refractivity contribution in [2.75, 3.05) is 20.1 Å². The molecule has 0 bridgehead atoms. The highest BCUT2D eigenvalue weighted by molar-refractivity contribution is 5.83. The summed E-state index contributed by atoms with van der Waals surface area (Å²) in [7, 11) is 1.50. The number of carboxylic acid groups (broad SMARTS) is 1. The molecule has 0 aromatic heterocycles. The van der Waals surface area contributed by atoms with Crippen LogP contribution in [0.3, 0.4) is 0 Å². The third-order valence-corrected chi connectivity index (χ3v) is 2.70. The number of rotatable bonds is 3. The van der Waals surface area contributed by atoms with Gasteiger partial charge in [0.05, 0.1) is 18.6 Å². The monoisotopic (exact) mass is 241 g/mol. The van der Waals surface area contributed by atoms with Gasteiger partial charge < -0.3 is 20.0 Å². The van der Waals surface area contributed by atoms with Crippen LogP contribution in [0.25, 0.3) is 0 Å². The summed E-state index contributed by atoms with van der Waals surface area (Å²) in [6, 6.07) is 0.456. The number of hydrogen-bond donors (Lipinski definition) is 2. The Kier molecular flexibility index (Phi) is 4.29. The summed E-state index contributed by atoms with van der Waals surface area (Å²) in [6.07, 6.45) is -0.562. The number of nitrogens with zero attached hydrogens (tertiary/aromatic N) is 3. The van der Waals surface area contributed by atoms with Crippen molar-refractivity contribution in [1.82, 2.24) is 9.80 Å². The van der Waals surface area contributed by atoms with Gasteiger partial charge in [-0.15, -0.1) is 0 Å².